The molecule has 8 rings (SSSR count). The minimum atomic E-state index is -2.22. The highest BCUT2D eigenvalue weighted by Gasteiger charge is 2.55. The molecule has 10 atom stereocenters. The zero-order valence-electron chi connectivity index (χ0n) is 37.5. The van der Waals surface area contributed by atoms with Gasteiger partial charge in [-0.2, -0.15) is 0 Å². The van der Waals surface area contributed by atoms with Crippen molar-refractivity contribution in [3.8, 4) is 17.2 Å². The largest absolute Gasteiger partial charge is 0.507 e. The van der Waals surface area contributed by atoms with E-state index in [-0.39, 0.29) is 71.3 Å². The molecule has 366 valence electrons. The number of carboxylic acids is 1. The van der Waals surface area contributed by atoms with Crippen molar-refractivity contribution in [2.75, 3.05) is 52.8 Å². The molecule has 2 aromatic carbocycles. The van der Waals surface area contributed by atoms with Gasteiger partial charge in [0, 0.05) is 87.7 Å². The maximum Gasteiger partial charge on any atom is 0.327 e. The molecule has 4 heterocycles. The van der Waals surface area contributed by atoms with Crippen molar-refractivity contribution >= 4 is 58.5 Å². The number of carboxylic acid groups (broad SMARTS) is 1. The van der Waals surface area contributed by atoms with Crippen molar-refractivity contribution in [1.29, 1.82) is 0 Å². The van der Waals surface area contributed by atoms with Crippen LogP contribution >= 0.6 is 11.8 Å². The van der Waals surface area contributed by atoms with Gasteiger partial charge in [0.25, 0.3) is 0 Å². The van der Waals surface area contributed by atoms with E-state index in [1.54, 1.807) is 6.92 Å². The molecule has 0 bridgehead atoms. The number of nitrogens with zero attached hydrogens (tertiary/aromatic N) is 3. The van der Waals surface area contributed by atoms with E-state index in [0.29, 0.717) is 13.2 Å². The lowest BCUT2D eigenvalue weighted by Crippen LogP contribution is -2.55. The SMILES string of the molecule is COc1cccc2c1C(=O)c1c(O)c3c(c(O)c1C2=O)C[C@@](O)(C(CO)=NCC(=O)CCN1C(=O)CC(SCC(NC(C)=O)C(=O)O)C1=O)C[C@@H]3O[C@H]1C[C@H]2C(OC3[C@@H](OC)OCCN32)[C@H](C)O1. The standard InChI is InChI=1S/C45H52N4O18S/c1-19-40-25(48-10-11-64-44(63-4)42(48)67-40)12-31(65-19)66-27-15-45(61,14-23-33(27)39(57)35-34(37(23)55)36(54)22-6-5-7-26(62-3)32(22)38(35)56)29(17-50)46-16-21(52)8-9-49-30(53)13-28(41(49)58)68-18-24(43(59)60)47-20(2)51/h5-7,19,24-25,27-28,31,40,42,44,50,55,57,61H,8-18H2,1-4H3,(H,47,51)(H,59,60)/t19-,24?,25-,27-,28?,31-,40?,42?,44-,45-/m0/s1. The molecule has 3 amide bonds. The molecule has 6 N–H and O–H groups in total. The van der Waals surface area contributed by atoms with E-state index in [9.17, 15) is 59.1 Å². The molecule has 22 nitrogen and oxygen atoms in total. The van der Waals surface area contributed by atoms with Crippen LogP contribution in [-0.2, 0) is 54.1 Å². The molecule has 0 radical (unpaired) electrons. The molecular weight excluding hydrogens is 917 g/mol. The third kappa shape index (κ3) is 8.90. The number of ether oxygens (including phenoxy) is 6. The second-order valence-corrected chi connectivity index (χ2v) is 18.6. The number of Topliss-reactive ketones (excluding diaryl/α,β-unsaturated/α-hetero) is 1. The number of rotatable bonds is 16. The maximum atomic E-state index is 14.3. The molecule has 0 spiro atoms. The first-order valence-electron chi connectivity index (χ1n) is 22.0. The second kappa shape index (κ2) is 19.6. The number of phenols is 2. The van der Waals surface area contributed by atoms with Gasteiger partial charge >= 0.3 is 5.97 Å². The minimum absolute atomic E-state index is 0.0615. The highest BCUT2D eigenvalue weighted by Crippen LogP contribution is 2.53. The number of ketones is 3. The first-order chi connectivity index (χ1) is 32.4. The Bertz CT molecular complexity index is 2470. The number of hydrogen-bond acceptors (Lipinski definition) is 20. The van der Waals surface area contributed by atoms with Crippen LogP contribution in [0.1, 0.15) is 88.6 Å². The number of thioether (sulfide) groups is 1. The van der Waals surface area contributed by atoms with Crippen molar-refractivity contribution in [3.63, 3.8) is 0 Å². The summed E-state index contributed by atoms with van der Waals surface area (Å²) in [5, 5.41) is 58.2. The van der Waals surface area contributed by atoms with Crippen LogP contribution in [0.25, 0.3) is 0 Å². The number of aliphatic imine (C=N–C) groups is 1. The van der Waals surface area contributed by atoms with Crippen LogP contribution in [0.2, 0.25) is 0 Å². The number of morpholine rings is 1. The predicted molar refractivity (Wildman–Crippen MR) is 233 cm³/mol. The van der Waals surface area contributed by atoms with E-state index in [1.165, 1.54) is 32.4 Å². The Morgan fingerprint density at radius 3 is 2.50 bits per heavy atom. The molecule has 4 fully saturated rings. The third-order valence-corrected chi connectivity index (χ3v) is 14.6. The highest BCUT2D eigenvalue weighted by molar-refractivity contribution is 8.00. The first kappa shape index (κ1) is 49.1. The van der Waals surface area contributed by atoms with Gasteiger partial charge in [0.2, 0.25) is 23.5 Å². The molecule has 0 aromatic heterocycles. The Morgan fingerprint density at radius 2 is 1.81 bits per heavy atom. The van der Waals surface area contributed by atoms with Gasteiger partial charge in [-0.15, -0.1) is 11.8 Å². The normalized spacial score (nSPS) is 29.4. The maximum absolute atomic E-state index is 14.3. The number of imide groups is 1. The highest BCUT2D eigenvalue weighted by atomic mass is 32.2. The Balaban J connectivity index is 1.06. The van der Waals surface area contributed by atoms with Gasteiger partial charge in [0.05, 0.1) is 66.7 Å². The number of phenolic OH excluding ortho intramolecular Hbond substituents is 2. The smallest absolute Gasteiger partial charge is 0.327 e. The summed E-state index contributed by atoms with van der Waals surface area (Å²) in [5.74, 6) is -6.87. The van der Waals surface area contributed by atoms with Crippen LogP contribution in [-0.4, -0.2) is 189 Å². The zero-order valence-corrected chi connectivity index (χ0v) is 38.3. The van der Waals surface area contributed by atoms with E-state index in [0.717, 1.165) is 23.6 Å². The quantitative estimate of drug-likeness (QED) is 0.0625. The average molecular weight is 969 g/mol. The van der Waals surface area contributed by atoms with Crippen molar-refractivity contribution in [3.05, 3.63) is 51.6 Å². The molecule has 23 heteroatoms. The fourth-order valence-electron chi connectivity index (χ4n) is 10.0. The molecule has 4 unspecified atom stereocenters. The van der Waals surface area contributed by atoms with Crippen molar-refractivity contribution in [2.45, 2.75) is 106 Å². The van der Waals surface area contributed by atoms with Gasteiger partial charge in [0.1, 0.15) is 35.0 Å². The van der Waals surface area contributed by atoms with Crippen LogP contribution in [0.4, 0.5) is 0 Å². The molecule has 68 heavy (non-hydrogen) atoms. The number of aliphatic carboxylic acids is 1. The van der Waals surface area contributed by atoms with Crippen molar-refractivity contribution in [1.82, 2.24) is 15.1 Å². The van der Waals surface area contributed by atoms with Crippen LogP contribution in [0.5, 0.6) is 17.2 Å². The van der Waals surface area contributed by atoms with Crippen LogP contribution < -0.4 is 10.1 Å². The first-order valence-corrected chi connectivity index (χ1v) is 23.0. The number of aliphatic hydroxyl groups is 2. The number of carbonyl (C=O) groups is 7. The zero-order chi connectivity index (χ0) is 48.9. The lowest BCUT2D eigenvalue weighted by Gasteiger charge is -2.44. The van der Waals surface area contributed by atoms with Crippen molar-refractivity contribution in [2.24, 2.45) is 4.99 Å². The Labute approximate surface area is 392 Å². The number of aromatic hydroxyl groups is 2. The summed E-state index contributed by atoms with van der Waals surface area (Å²) in [6.07, 6.45) is -6.08. The summed E-state index contributed by atoms with van der Waals surface area (Å²) in [6.45, 7) is 1.94. The summed E-state index contributed by atoms with van der Waals surface area (Å²) < 4.78 is 36.0. The summed E-state index contributed by atoms with van der Waals surface area (Å²) in [4.78, 5) is 97.8. The Hall–Kier alpha value is -5.37. The lowest BCUT2D eigenvalue weighted by atomic mass is 9.71. The number of amides is 3. The molecule has 4 aliphatic heterocycles. The van der Waals surface area contributed by atoms with Gasteiger partial charge < -0.3 is 59.3 Å². The van der Waals surface area contributed by atoms with E-state index < -0.39 is 144 Å². The van der Waals surface area contributed by atoms with E-state index in [4.69, 9.17) is 28.4 Å². The van der Waals surface area contributed by atoms with E-state index >= 15 is 0 Å². The number of benzene rings is 2. The Morgan fingerprint density at radius 1 is 1.06 bits per heavy atom. The van der Waals surface area contributed by atoms with E-state index in [1.807, 2.05) is 0 Å². The van der Waals surface area contributed by atoms with Gasteiger partial charge in [0.15, 0.2) is 30.4 Å². The van der Waals surface area contributed by atoms with Gasteiger partial charge in [-0.25, -0.2) is 4.79 Å². The number of nitrogens with one attached hydrogen (secondary N) is 1. The summed E-state index contributed by atoms with van der Waals surface area (Å²) >= 11 is 0.890. The minimum Gasteiger partial charge on any atom is -0.507 e. The third-order valence-electron chi connectivity index (χ3n) is 13.3. The molecule has 2 aromatic rings. The number of fused-ring (bicyclic) bond motifs is 6. The summed E-state index contributed by atoms with van der Waals surface area (Å²) in [5.41, 5.74) is -4.09. The fourth-order valence-corrected chi connectivity index (χ4v) is 11.2. The average Bonchev–Trinajstić information content (AvgIpc) is 3.82. The number of hydrogen-bond donors (Lipinski definition) is 6. The van der Waals surface area contributed by atoms with Crippen LogP contribution in [0, 0.1) is 0 Å². The van der Waals surface area contributed by atoms with Gasteiger partial charge in [-0.05, 0) is 13.0 Å². The predicted octanol–water partition coefficient (Wildman–Crippen LogP) is -0.00760. The number of carbonyl (C=O) groups excluding carboxylic acids is 6. The number of methoxy groups -OCH3 is 2. The van der Waals surface area contributed by atoms with Gasteiger partial charge in [-0.3, -0.25) is 43.6 Å². The van der Waals surface area contributed by atoms with Gasteiger partial charge in [-0.1, -0.05) is 12.1 Å². The summed E-state index contributed by atoms with van der Waals surface area (Å²) in [6, 6.07) is 2.79. The topological polar surface area (TPSA) is 307 Å². The number of likely N-dealkylation sites (tertiary alicyclic amines) is 1. The van der Waals surface area contributed by atoms with Crippen LogP contribution in [0.15, 0.2) is 23.2 Å². The Kier molecular flexibility index (Phi) is 14.1. The molecule has 6 aliphatic rings. The fraction of sp³-hybridized carbons (Fsp3) is 0.556. The monoisotopic (exact) mass is 968 g/mol. The summed E-state index contributed by atoms with van der Waals surface area (Å²) in [7, 11) is 2.83. The lowest BCUT2D eigenvalue weighted by molar-refractivity contribution is -0.255. The second-order valence-electron chi connectivity index (χ2n) is 17.4. The molecular formula is C45H52N4O18S. The van der Waals surface area contributed by atoms with Crippen LogP contribution in [0.3, 0.4) is 0 Å². The van der Waals surface area contributed by atoms with E-state index in [2.05, 4.69) is 15.2 Å². The van der Waals surface area contributed by atoms with Crippen molar-refractivity contribution < 1.29 is 87.5 Å². The number of aliphatic hydroxyl groups excluding tert-OH is 1. The molecule has 2 aliphatic carbocycles. The molecule has 0 saturated carbocycles. The molecule has 4 saturated heterocycles.